The van der Waals surface area contributed by atoms with Gasteiger partial charge in [0, 0.05) is 8.80 Å². The fourth-order valence-corrected chi connectivity index (χ4v) is 2.60. The summed E-state index contributed by atoms with van der Waals surface area (Å²) in [5.74, 6) is -0.256. The molecule has 0 aliphatic carbocycles. The molecule has 0 radical (unpaired) electrons. The van der Waals surface area contributed by atoms with Gasteiger partial charge in [0.1, 0.15) is 0 Å². The van der Waals surface area contributed by atoms with E-state index in [0.29, 0.717) is 12.2 Å². The maximum atomic E-state index is 11.6. The zero-order chi connectivity index (χ0) is 13.5. The molecule has 0 aliphatic heterocycles. The minimum Gasteiger partial charge on any atom is -0.549 e. The van der Waals surface area contributed by atoms with E-state index in [-0.39, 0.29) is 5.97 Å². The molecule has 0 heterocycles. The van der Waals surface area contributed by atoms with Gasteiger partial charge in [-0.3, -0.25) is 0 Å². The SMILES string of the molecule is CC(=CO[Si](C)(C)C)C(=O)OCCC[SiH](C)C. The third kappa shape index (κ3) is 10.3. The van der Waals surface area contributed by atoms with Crippen molar-refractivity contribution >= 4 is 23.1 Å². The molecule has 0 aromatic rings. The van der Waals surface area contributed by atoms with Gasteiger partial charge < -0.3 is 9.16 Å². The van der Waals surface area contributed by atoms with Crippen LogP contribution in [0.15, 0.2) is 11.8 Å². The molecule has 5 heteroatoms. The number of hydrogen-bond acceptors (Lipinski definition) is 3. The molecule has 100 valence electrons. The van der Waals surface area contributed by atoms with Gasteiger partial charge >= 0.3 is 5.97 Å². The summed E-state index contributed by atoms with van der Waals surface area (Å²) in [7, 11) is -2.12. The molecule has 3 nitrogen and oxygen atoms in total. The molecule has 0 amide bonds. The third-order valence-electron chi connectivity index (χ3n) is 2.07. The molecule has 17 heavy (non-hydrogen) atoms. The Hall–Kier alpha value is -0.556. The number of carbonyl (C=O) groups excluding carboxylic acids is 1. The number of rotatable bonds is 7. The van der Waals surface area contributed by atoms with Crippen molar-refractivity contribution in [2.24, 2.45) is 0 Å². The summed E-state index contributed by atoms with van der Waals surface area (Å²) >= 11 is 0. The molecule has 0 aromatic carbocycles. The average Bonchev–Trinajstić information content (AvgIpc) is 2.19. The van der Waals surface area contributed by atoms with E-state index in [0.717, 1.165) is 6.42 Å². The number of carbonyl (C=O) groups is 1. The highest BCUT2D eigenvalue weighted by molar-refractivity contribution is 6.69. The molecule has 0 atom stereocenters. The van der Waals surface area contributed by atoms with Gasteiger partial charge in [0.2, 0.25) is 8.32 Å². The van der Waals surface area contributed by atoms with Crippen molar-refractivity contribution < 1.29 is 14.0 Å². The molecule has 0 aromatic heterocycles. The lowest BCUT2D eigenvalue weighted by molar-refractivity contribution is -0.139. The second-order valence-corrected chi connectivity index (χ2v) is 13.5. The van der Waals surface area contributed by atoms with Crippen LogP contribution < -0.4 is 0 Å². The van der Waals surface area contributed by atoms with Crippen LogP contribution in [0.1, 0.15) is 13.3 Å². The number of hydrogen-bond donors (Lipinski definition) is 0. The smallest absolute Gasteiger partial charge is 0.336 e. The van der Waals surface area contributed by atoms with Crippen LogP contribution in [0.3, 0.4) is 0 Å². The zero-order valence-corrected chi connectivity index (χ0v) is 14.2. The van der Waals surface area contributed by atoms with Crippen molar-refractivity contribution in [1.82, 2.24) is 0 Å². The summed E-state index contributed by atoms with van der Waals surface area (Å²) < 4.78 is 10.7. The second kappa shape index (κ2) is 7.71. The first-order valence-electron chi connectivity index (χ1n) is 6.24. The largest absolute Gasteiger partial charge is 0.549 e. The van der Waals surface area contributed by atoms with Gasteiger partial charge in [0.15, 0.2) is 0 Å². The van der Waals surface area contributed by atoms with Crippen LogP contribution in [0, 0.1) is 0 Å². The predicted octanol–water partition coefficient (Wildman–Crippen LogP) is 3.16. The van der Waals surface area contributed by atoms with Gasteiger partial charge in [-0.05, 0) is 33.0 Å². The van der Waals surface area contributed by atoms with Gasteiger partial charge in [-0.2, -0.15) is 0 Å². The Bertz CT molecular complexity index is 267. The molecule has 0 bridgehead atoms. The maximum Gasteiger partial charge on any atom is 0.336 e. The highest BCUT2D eigenvalue weighted by atomic mass is 28.4. The van der Waals surface area contributed by atoms with E-state index in [9.17, 15) is 4.79 Å². The minimum absolute atomic E-state index is 0.256. The lowest BCUT2D eigenvalue weighted by atomic mass is 10.3. The number of ether oxygens (including phenoxy) is 1. The van der Waals surface area contributed by atoms with Gasteiger partial charge in [0.05, 0.1) is 18.4 Å². The zero-order valence-electron chi connectivity index (χ0n) is 12.0. The summed E-state index contributed by atoms with van der Waals surface area (Å²) in [6, 6.07) is 1.22. The van der Waals surface area contributed by atoms with E-state index >= 15 is 0 Å². The summed E-state index contributed by atoms with van der Waals surface area (Å²) in [5, 5.41) is 0. The first-order chi connectivity index (χ1) is 7.72. The Morgan fingerprint density at radius 2 is 1.88 bits per heavy atom. The Morgan fingerprint density at radius 1 is 1.29 bits per heavy atom. The molecule has 0 unspecified atom stereocenters. The molecular weight excluding hydrogens is 248 g/mol. The Labute approximate surface area is 108 Å². The quantitative estimate of drug-likeness (QED) is 0.235. The highest BCUT2D eigenvalue weighted by Gasteiger charge is 2.15. The normalized spacial score (nSPS) is 12.8. The molecule has 0 fully saturated rings. The van der Waals surface area contributed by atoms with E-state index in [1.165, 1.54) is 6.04 Å². The standard InChI is InChI=1S/C12H26O3Si2/c1-11(10-15-17(4,5)6)12(13)14-8-7-9-16(2)3/h10,16H,7-9H2,1-6H3. The van der Waals surface area contributed by atoms with Crippen LogP contribution >= 0.6 is 0 Å². The first-order valence-corrected chi connectivity index (χ1v) is 12.8. The van der Waals surface area contributed by atoms with Gasteiger partial charge in [-0.1, -0.05) is 19.1 Å². The van der Waals surface area contributed by atoms with Crippen molar-refractivity contribution in [1.29, 1.82) is 0 Å². The minimum atomic E-state index is -1.60. The maximum absolute atomic E-state index is 11.6. The summed E-state index contributed by atoms with van der Waals surface area (Å²) in [4.78, 5) is 11.6. The first kappa shape index (κ1) is 16.4. The topological polar surface area (TPSA) is 35.5 Å². The van der Waals surface area contributed by atoms with Crippen molar-refractivity contribution in [3.8, 4) is 0 Å². The van der Waals surface area contributed by atoms with Crippen molar-refractivity contribution in [2.75, 3.05) is 6.61 Å². The second-order valence-electron chi connectivity index (χ2n) is 5.70. The lowest BCUT2D eigenvalue weighted by Crippen LogP contribution is -2.22. The average molecular weight is 275 g/mol. The van der Waals surface area contributed by atoms with E-state index in [1.54, 1.807) is 13.2 Å². The Balaban J connectivity index is 3.90. The fraction of sp³-hybridized carbons (Fsp3) is 0.750. The van der Waals surface area contributed by atoms with Gasteiger partial charge in [0.25, 0.3) is 0 Å². The molecule has 0 aliphatic rings. The summed E-state index contributed by atoms with van der Waals surface area (Å²) in [6.07, 6.45) is 2.53. The molecule has 0 rings (SSSR count). The predicted molar refractivity (Wildman–Crippen MR) is 77.4 cm³/mol. The van der Waals surface area contributed by atoms with E-state index in [4.69, 9.17) is 9.16 Å². The fourth-order valence-electron chi connectivity index (χ4n) is 1.08. The highest BCUT2D eigenvalue weighted by Crippen LogP contribution is 2.07. The van der Waals surface area contributed by atoms with E-state index in [2.05, 4.69) is 32.7 Å². The van der Waals surface area contributed by atoms with Crippen LogP contribution in [-0.4, -0.2) is 29.7 Å². The third-order valence-corrected chi connectivity index (χ3v) is 4.46. The Kier molecular flexibility index (Phi) is 7.46. The lowest BCUT2D eigenvalue weighted by Gasteiger charge is -2.15. The molecule has 0 spiro atoms. The monoisotopic (exact) mass is 274 g/mol. The van der Waals surface area contributed by atoms with Crippen LogP contribution in [0.5, 0.6) is 0 Å². The van der Waals surface area contributed by atoms with E-state index < -0.39 is 17.1 Å². The van der Waals surface area contributed by atoms with Gasteiger partial charge in [-0.25, -0.2) is 4.79 Å². The molecule has 0 N–H and O–H groups in total. The summed E-state index contributed by atoms with van der Waals surface area (Å²) in [5.41, 5.74) is 0.550. The van der Waals surface area contributed by atoms with Crippen molar-refractivity contribution in [3.05, 3.63) is 11.8 Å². The van der Waals surface area contributed by atoms with Crippen LogP contribution in [0.2, 0.25) is 38.8 Å². The van der Waals surface area contributed by atoms with Crippen LogP contribution in [0.25, 0.3) is 0 Å². The van der Waals surface area contributed by atoms with Crippen molar-refractivity contribution in [2.45, 2.75) is 52.1 Å². The molecule has 0 saturated carbocycles. The Morgan fingerprint density at radius 3 is 2.35 bits per heavy atom. The number of esters is 1. The van der Waals surface area contributed by atoms with Gasteiger partial charge in [-0.15, -0.1) is 0 Å². The molecular formula is C12H26O3Si2. The van der Waals surface area contributed by atoms with E-state index in [1.807, 2.05) is 0 Å². The van der Waals surface area contributed by atoms with Crippen LogP contribution in [-0.2, 0) is 14.0 Å². The van der Waals surface area contributed by atoms with Crippen LogP contribution in [0.4, 0.5) is 0 Å². The molecule has 0 saturated heterocycles. The van der Waals surface area contributed by atoms with Crippen molar-refractivity contribution in [3.63, 3.8) is 0 Å². The summed E-state index contributed by atoms with van der Waals surface area (Å²) in [6.45, 7) is 13.1.